The lowest BCUT2D eigenvalue weighted by Gasteiger charge is -2.04. The lowest BCUT2D eigenvalue weighted by molar-refractivity contribution is -0.138. The van der Waals surface area contributed by atoms with Crippen molar-refractivity contribution in [1.29, 1.82) is 0 Å². The number of nitrogens with zero attached hydrogens (tertiary/aromatic N) is 3. The van der Waals surface area contributed by atoms with Gasteiger partial charge in [0.2, 0.25) is 5.91 Å². The van der Waals surface area contributed by atoms with Crippen molar-refractivity contribution in [1.82, 2.24) is 20.3 Å². The van der Waals surface area contributed by atoms with Gasteiger partial charge in [0.1, 0.15) is 12.2 Å². The van der Waals surface area contributed by atoms with Crippen LogP contribution in [0.25, 0.3) is 0 Å². The Morgan fingerprint density at radius 3 is 2.75 bits per heavy atom. The fraction of sp³-hybridized carbons (Fsp3) is 0.333. The summed E-state index contributed by atoms with van der Waals surface area (Å²) >= 11 is 0. The Balaban J connectivity index is 1.70. The van der Waals surface area contributed by atoms with E-state index in [1.807, 2.05) is 0 Å². The first-order valence-electron chi connectivity index (χ1n) is 7.25. The maximum absolute atomic E-state index is 13.0. The van der Waals surface area contributed by atoms with Crippen LogP contribution in [-0.2, 0) is 29.1 Å². The lowest BCUT2D eigenvalue weighted by atomic mass is 10.1. The number of hydrogen-bond donors (Lipinski definition) is 2. The molecule has 1 aromatic heterocycles. The SMILES string of the molecule is O=C(O)Cn1cc(CNC(=O)CCCc2ccc(F)c(F)c2)nn1. The van der Waals surface area contributed by atoms with Gasteiger partial charge < -0.3 is 10.4 Å². The number of halogens is 2. The summed E-state index contributed by atoms with van der Waals surface area (Å²) in [6.45, 7) is -0.154. The molecule has 7 nitrogen and oxygen atoms in total. The molecule has 24 heavy (non-hydrogen) atoms. The summed E-state index contributed by atoms with van der Waals surface area (Å²) in [6, 6.07) is 3.66. The molecule has 2 rings (SSSR count). The van der Waals surface area contributed by atoms with E-state index in [0.717, 1.165) is 16.8 Å². The van der Waals surface area contributed by atoms with E-state index in [1.165, 1.54) is 12.3 Å². The molecule has 0 aliphatic carbocycles. The van der Waals surface area contributed by atoms with Crippen LogP contribution < -0.4 is 5.32 Å². The Morgan fingerprint density at radius 2 is 2.04 bits per heavy atom. The van der Waals surface area contributed by atoms with Gasteiger partial charge in [-0.15, -0.1) is 5.10 Å². The van der Waals surface area contributed by atoms with Crippen LogP contribution in [0.15, 0.2) is 24.4 Å². The minimum absolute atomic E-state index is 0.142. The molecule has 0 atom stereocenters. The van der Waals surface area contributed by atoms with E-state index in [0.29, 0.717) is 24.1 Å². The first kappa shape index (κ1) is 17.5. The van der Waals surface area contributed by atoms with Gasteiger partial charge in [-0.25, -0.2) is 13.5 Å². The van der Waals surface area contributed by atoms with Gasteiger partial charge in [0, 0.05) is 6.42 Å². The quantitative estimate of drug-likeness (QED) is 0.756. The maximum Gasteiger partial charge on any atom is 0.325 e. The van der Waals surface area contributed by atoms with E-state index in [1.54, 1.807) is 0 Å². The molecule has 1 amide bonds. The Kier molecular flexibility index (Phi) is 5.94. The van der Waals surface area contributed by atoms with Crippen LogP contribution in [0.4, 0.5) is 8.78 Å². The summed E-state index contributed by atoms with van der Waals surface area (Å²) in [5.74, 6) is -3.05. The highest BCUT2D eigenvalue weighted by Gasteiger charge is 2.07. The molecule has 1 aromatic carbocycles. The van der Waals surface area contributed by atoms with Gasteiger partial charge >= 0.3 is 5.97 Å². The van der Waals surface area contributed by atoms with E-state index < -0.39 is 17.6 Å². The summed E-state index contributed by atoms with van der Waals surface area (Å²) in [6.07, 6.45) is 2.61. The molecule has 0 radical (unpaired) electrons. The minimum Gasteiger partial charge on any atom is -0.480 e. The zero-order valence-corrected chi connectivity index (χ0v) is 12.7. The van der Waals surface area contributed by atoms with Crippen molar-refractivity contribution in [3.05, 3.63) is 47.3 Å². The van der Waals surface area contributed by atoms with Gasteiger partial charge in [0.05, 0.1) is 12.7 Å². The maximum atomic E-state index is 13.0. The lowest BCUT2D eigenvalue weighted by Crippen LogP contribution is -2.22. The highest BCUT2D eigenvalue weighted by Crippen LogP contribution is 2.11. The van der Waals surface area contributed by atoms with Crippen molar-refractivity contribution in [3.8, 4) is 0 Å². The van der Waals surface area contributed by atoms with Crippen molar-refractivity contribution in [2.45, 2.75) is 32.4 Å². The van der Waals surface area contributed by atoms with Crippen molar-refractivity contribution >= 4 is 11.9 Å². The largest absolute Gasteiger partial charge is 0.480 e. The molecule has 0 aliphatic rings. The second-order valence-electron chi connectivity index (χ2n) is 5.18. The monoisotopic (exact) mass is 338 g/mol. The molecule has 0 fully saturated rings. The van der Waals surface area contributed by atoms with Crippen LogP contribution in [0.1, 0.15) is 24.1 Å². The van der Waals surface area contributed by atoms with Crippen LogP contribution in [0.3, 0.4) is 0 Å². The Hall–Kier alpha value is -2.84. The van der Waals surface area contributed by atoms with E-state index >= 15 is 0 Å². The molecule has 2 N–H and O–H groups in total. The van der Waals surface area contributed by atoms with Gasteiger partial charge in [-0.05, 0) is 30.5 Å². The van der Waals surface area contributed by atoms with Gasteiger partial charge in [0.25, 0.3) is 0 Å². The fourth-order valence-corrected chi connectivity index (χ4v) is 2.06. The summed E-state index contributed by atoms with van der Waals surface area (Å²) in [7, 11) is 0. The van der Waals surface area contributed by atoms with E-state index in [4.69, 9.17) is 5.11 Å². The predicted molar refractivity (Wildman–Crippen MR) is 78.8 cm³/mol. The predicted octanol–water partition coefficient (Wildman–Crippen LogP) is 1.28. The number of aryl methyl sites for hydroxylation is 1. The second-order valence-corrected chi connectivity index (χ2v) is 5.18. The number of nitrogens with one attached hydrogen (secondary N) is 1. The molecular formula is C15H16F2N4O3. The van der Waals surface area contributed by atoms with E-state index in [-0.39, 0.29) is 25.4 Å². The highest BCUT2D eigenvalue weighted by molar-refractivity contribution is 5.75. The average molecular weight is 338 g/mol. The number of carbonyl (C=O) groups excluding carboxylic acids is 1. The summed E-state index contributed by atoms with van der Waals surface area (Å²) in [5, 5.41) is 18.6. The van der Waals surface area contributed by atoms with Crippen molar-refractivity contribution in [3.63, 3.8) is 0 Å². The Morgan fingerprint density at radius 1 is 1.25 bits per heavy atom. The molecule has 0 saturated heterocycles. The molecule has 128 valence electrons. The zero-order chi connectivity index (χ0) is 17.5. The average Bonchev–Trinajstić information content (AvgIpc) is 2.95. The number of benzene rings is 1. The third-order valence-corrected chi connectivity index (χ3v) is 3.20. The van der Waals surface area contributed by atoms with E-state index in [2.05, 4.69) is 15.6 Å². The normalized spacial score (nSPS) is 10.6. The van der Waals surface area contributed by atoms with Gasteiger partial charge in [-0.2, -0.15) is 0 Å². The van der Waals surface area contributed by atoms with Crippen molar-refractivity contribution in [2.24, 2.45) is 0 Å². The Labute approximate surface area is 136 Å². The van der Waals surface area contributed by atoms with Crippen molar-refractivity contribution < 1.29 is 23.5 Å². The molecule has 2 aromatic rings. The van der Waals surface area contributed by atoms with Crippen LogP contribution in [0, 0.1) is 11.6 Å². The molecule has 0 aliphatic heterocycles. The first-order chi connectivity index (χ1) is 11.4. The van der Waals surface area contributed by atoms with Crippen LogP contribution in [0.5, 0.6) is 0 Å². The molecule has 0 unspecified atom stereocenters. The van der Waals surface area contributed by atoms with Gasteiger partial charge in [-0.1, -0.05) is 11.3 Å². The third-order valence-electron chi connectivity index (χ3n) is 3.20. The number of carboxylic acid groups (broad SMARTS) is 1. The fourth-order valence-electron chi connectivity index (χ4n) is 2.06. The second kappa shape index (κ2) is 8.14. The molecular weight excluding hydrogens is 322 g/mol. The zero-order valence-electron chi connectivity index (χ0n) is 12.7. The smallest absolute Gasteiger partial charge is 0.325 e. The molecule has 0 saturated carbocycles. The minimum atomic E-state index is -1.03. The highest BCUT2D eigenvalue weighted by atomic mass is 19.2. The molecule has 9 heteroatoms. The van der Waals surface area contributed by atoms with Crippen LogP contribution in [-0.4, -0.2) is 32.0 Å². The topological polar surface area (TPSA) is 97.1 Å². The van der Waals surface area contributed by atoms with E-state index in [9.17, 15) is 18.4 Å². The number of amides is 1. The number of aromatic nitrogens is 3. The summed E-state index contributed by atoms with van der Waals surface area (Å²) in [5.41, 5.74) is 1.07. The summed E-state index contributed by atoms with van der Waals surface area (Å²) < 4.78 is 27.0. The number of carbonyl (C=O) groups is 2. The first-order valence-corrected chi connectivity index (χ1v) is 7.25. The number of carboxylic acids is 1. The number of aliphatic carboxylic acids is 1. The molecule has 1 heterocycles. The number of hydrogen-bond acceptors (Lipinski definition) is 4. The van der Waals surface area contributed by atoms with Gasteiger partial charge in [0.15, 0.2) is 11.6 Å². The van der Waals surface area contributed by atoms with Crippen LogP contribution in [0.2, 0.25) is 0 Å². The Bertz CT molecular complexity index is 733. The third kappa shape index (κ3) is 5.41. The molecule has 0 bridgehead atoms. The van der Waals surface area contributed by atoms with Crippen molar-refractivity contribution in [2.75, 3.05) is 0 Å². The van der Waals surface area contributed by atoms with Gasteiger partial charge in [-0.3, -0.25) is 9.59 Å². The standard InChI is InChI=1S/C15H16F2N4O3/c16-12-5-4-10(6-13(12)17)2-1-3-14(22)18-7-11-8-21(20-19-11)9-15(23)24/h4-6,8H,1-3,7,9H2,(H,18,22)(H,23,24). The van der Waals surface area contributed by atoms with Crippen LogP contribution >= 0.6 is 0 Å². The number of rotatable bonds is 8. The summed E-state index contributed by atoms with van der Waals surface area (Å²) in [4.78, 5) is 22.2. The molecule has 0 spiro atoms.